The molecule has 1 aromatic rings. The lowest BCUT2D eigenvalue weighted by Crippen LogP contribution is -2.41. The number of hydrogen-bond acceptors (Lipinski definition) is 4. The van der Waals surface area contributed by atoms with Crippen molar-refractivity contribution in [2.24, 2.45) is 0 Å². The Morgan fingerprint density at radius 1 is 1.07 bits per heavy atom. The van der Waals surface area contributed by atoms with Gasteiger partial charge in [0, 0.05) is 26.2 Å². The monoisotopic (exact) mass is 416 g/mol. The van der Waals surface area contributed by atoms with Gasteiger partial charge in [0.1, 0.15) is 6.61 Å². The zero-order chi connectivity index (χ0) is 21.6. The van der Waals surface area contributed by atoms with Crippen molar-refractivity contribution >= 4 is 6.09 Å². The average Bonchev–Trinajstić information content (AvgIpc) is 2.77. The third-order valence-electron chi connectivity index (χ3n) is 5.91. The van der Waals surface area contributed by atoms with Crippen LogP contribution in [0.2, 0.25) is 0 Å². The molecule has 0 saturated heterocycles. The molecule has 2 rings (SSSR count). The number of rotatable bonds is 13. The first-order valence-electron chi connectivity index (χ1n) is 11.4. The van der Waals surface area contributed by atoms with Crippen LogP contribution in [0, 0.1) is 0 Å². The highest BCUT2D eigenvalue weighted by atomic mass is 16.6. The number of ether oxygens (including phenoxy) is 2. The molecule has 1 amide bonds. The van der Waals surface area contributed by atoms with E-state index in [0.29, 0.717) is 12.7 Å². The summed E-state index contributed by atoms with van der Waals surface area (Å²) in [5.41, 5.74) is 1.01. The number of benzene rings is 1. The molecular formula is C25H40N2O3. The van der Waals surface area contributed by atoms with E-state index in [-0.39, 0.29) is 12.1 Å². The number of likely N-dealkylation sites (N-methyl/N-ethyl adjacent to an activating group) is 1. The van der Waals surface area contributed by atoms with Crippen LogP contribution in [0.5, 0.6) is 0 Å². The molecule has 0 unspecified atom stereocenters. The number of carbonyl (C=O) groups is 1. The third kappa shape index (κ3) is 9.31. The Labute approximate surface area is 183 Å². The van der Waals surface area contributed by atoms with Crippen LogP contribution < -0.4 is 0 Å². The van der Waals surface area contributed by atoms with Crippen molar-refractivity contribution in [1.82, 2.24) is 9.80 Å². The van der Waals surface area contributed by atoms with E-state index in [0.717, 1.165) is 57.4 Å². The van der Waals surface area contributed by atoms with E-state index in [2.05, 4.69) is 18.5 Å². The Bertz CT molecular complexity index is 600. The van der Waals surface area contributed by atoms with Crippen LogP contribution in [-0.4, -0.2) is 61.8 Å². The van der Waals surface area contributed by atoms with E-state index in [1.807, 2.05) is 43.5 Å². The van der Waals surface area contributed by atoms with E-state index in [9.17, 15) is 4.79 Å². The van der Waals surface area contributed by atoms with Crippen LogP contribution in [-0.2, 0) is 16.1 Å². The molecule has 0 aliphatic heterocycles. The van der Waals surface area contributed by atoms with E-state index >= 15 is 0 Å². The van der Waals surface area contributed by atoms with Crippen molar-refractivity contribution in [3.8, 4) is 0 Å². The van der Waals surface area contributed by atoms with Gasteiger partial charge in [0.05, 0.1) is 6.10 Å². The molecule has 0 bridgehead atoms. The van der Waals surface area contributed by atoms with E-state index < -0.39 is 0 Å². The maximum atomic E-state index is 12.3. The summed E-state index contributed by atoms with van der Waals surface area (Å²) in [6, 6.07) is 10.1. The summed E-state index contributed by atoms with van der Waals surface area (Å²) in [5, 5.41) is 0. The van der Waals surface area contributed by atoms with Gasteiger partial charge in [0.15, 0.2) is 0 Å². The molecule has 0 atom stereocenters. The molecule has 168 valence electrons. The second-order valence-corrected chi connectivity index (χ2v) is 8.42. The molecule has 5 nitrogen and oxygen atoms in total. The van der Waals surface area contributed by atoms with Gasteiger partial charge in [-0.2, -0.15) is 0 Å². The van der Waals surface area contributed by atoms with Crippen LogP contribution >= 0.6 is 0 Å². The normalized spacial score (nSPS) is 18.9. The summed E-state index contributed by atoms with van der Waals surface area (Å²) in [4.78, 5) is 16.4. The number of amides is 1. The van der Waals surface area contributed by atoms with Crippen LogP contribution in [0.15, 0.2) is 43.0 Å². The predicted octanol–water partition coefficient (Wildman–Crippen LogP) is 5.26. The smallest absolute Gasteiger partial charge is 0.410 e. The van der Waals surface area contributed by atoms with Gasteiger partial charge in [-0.3, -0.25) is 0 Å². The van der Waals surface area contributed by atoms with Crippen molar-refractivity contribution < 1.29 is 14.3 Å². The zero-order valence-electron chi connectivity index (χ0n) is 18.9. The molecule has 0 radical (unpaired) electrons. The highest BCUT2D eigenvalue weighted by Crippen LogP contribution is 2.25. The average molecular weight is 417 g/mol. The Hall–Kier alpha value is -1.85. The molecular weight excluding hydrogens is 376 g/mol. The first-order valence-corrected chi connectivity index (χ1v) is 11.4. The molecule has 5 heteroatoms. The Morgan fingerprint density at radius 3 is 2.47 bits per heavy atom. The third-order valence-corrected chi connectivity index (χ3v) is 5.91. The maximum Gasteiger partial charge on any atom is 0.410 e. The summed E-state index contributed by atoms with van der Waals surface area (Å²) < 4.78 is 11.5. The lowest BCUT2D eigenvalue weighted by atomic mass is 9.92. The maximum absolute atomic E-state index is 12.3. The summed E-state index contributed by atoms with van der Waals surface area (Å²) in [6.45, 7) is 7.05. The molecule has 1 aromatic carbocycles. The quantitative estimate of drug-likeness (QED) is 0.325. The van der Waals surface area contributed by atoms with Crippen molar-refractivity contribution in [3.05, 3.63) is 48.6 Å². The zero-order valence-corrected chi connectivity index (χ0v) is 18.9. The molecule has 0 spiro atoms. The van der Waals surface area contributed by atoms with E-state index in [1.54, 1.807) is 4.90 Å². The summed E-state index contributed by atoms with van der Waals surface area (Å²) >= 11 is 0. The summed E-state index contributed by atoms with van der Waals surface area (Å²) in [6.07, 6.45) is 10.9. The SMILES string of the molecule is C=CCN(C)CCCCCCO[C@H]1CC[C@H](N(C)C(=O)OCc2ccccc2)CC1. The first kappa shape index (κ1) is 24.4. The fraction of sp³-hybridized carbons (Fsp3) is 0.640. The van der Waals surface area contributed by atoms with Gasteiger partial charge < -0.3 is 19.3 Å². The van der Waals surface area contributed by atoms with Gasteiger partial charge >= 0.3 is 6.09 Å². The van der Waals surface area contributed by atoms with E-state index in [4.69, 9.17) is 9.47 Å². The molecule has 1 aliphatic carbocycles. The van der Waals surface area contributed by atoms with Gasteiger partial charge in [0.2, 0.25) is 0 Å². The number of nitrogens with zero attached hydrogens (tertiary/aromatic N) is 2. The Balaban J connectivity index is 1.52. The highest BCUT2D eigenvalue weighted by Gasteiger charge is 2.27. The van der Waals surface area contributed by atoms with E-state index in [1.165, 1.54) is 19.3 Å². The van der Waals surface area contributed by atoms with Gasteiger partial charge in [-0.05, 0) is 57.7 Å². The van der Waals surface area contributed by atoms with Crippen molar-refractivity contribution in [2.75, 3.05) is 33.8 Å². The van der Waals surface area contributed by atoms with Crippen LogP contribution in [0.4, 0.5) is 4.79 Å². The second-order valence-electron chi connectivity index (χ2n) is 8.42. The number of unbranched alkanes of at least 4 members (excludes halogenated alkanes) is 3. The minimum atomic E-state index is -0.234. The fourth-order valence-electron chi connectivity index (χ4n) is 3.97. The molecule has 1 aliphatic rings. The number of carbonyl (C=O) groups excluding carboxylic acids is 1. The lowest BCUT2D eigenvalue weighted by molar-refractivity contribution is 0.00693. The molecule has 0 heterocycles. The molecule has 0 N–H and O–H groups in total. The Morgan fingerprint density at radius 2 is 1.77 bits per heavy atom. The topological polar surface area (TPSA) is 42.0 Å². The van der Waals surface area contributed by atoms with Crippen LogP contribution in [0.1, 0.15) is 56.9 Å². The van der Waals surface area contributed by atoms with Gasteiger partial charge in [-0.15, -0.1) is 6.58 Å². The highest BCUT2D eigenvalue weighted by molar-refractivity contribution is 5.67. The predicted molar refractivity (Wildman–Crippen MR) is 123 cm³/mol. The van der Waals surface area contributed by atoms with Gasteiger partial charge in [0.25, 0.3) is 0 Å². The van der Waals surface area contributed by atoms with Crippen LogP contribution in [0.3, 0.4) is 0 Å². The molecule has 0 aromatic heterocycles. The minimum absolute atomic E-state index is 0.234. The van der Waals surface area contributed by atoms with Gasteiger partial charge in [-0.1, -0.05) is 49.2 Å². The summed E-state index contributed by atoms with van der Waals surface area (Å²) in [7, 11) is 3.99. The second kappa shape index (κ2) is 14.2. The molecule has 1 saturated carbocycles. The summed E-state index contributed by atoms with van der Waals surface area (Å²) in [5.74, 6) is 0. The number of hydrogen-bond donors (Lipinski definition) is 0. The molecule has 30 heavy (non-hydrogen) atoms. The standard InChI is InChI=1S/C25H40N2O3/c1-4-18-26(2)19-10-5-6-11-20-29-24-16-14-23(15-17-24)27(3)25(28)30-21-22-12-8-7-9-13-22/h4,7-9,12-13,23-24H,1,5-6,10-11,14-21H2,2-3H3/t23-,24-. The minimum Gasteiger partial charge on any atom is -0.445 e. The first-order chi connectivity index (χ1) is 14.6. The van der Waals surface area contributed by atoms with Crippen molar-refractivity contribution in [3.63, 3.8) is 0 Å². The van der Waals surface area contributed by atoms with Crippen molar-refractivity contribution in [1.29, 1.82) is 0 Å². The molecule has 1 fully saturated rings. The van der Waals surface area contributed by atoms with Crippen LogP contribution in [0.25, 0.3) is 0 Å². The fourth-order valence-corrected chi connectivity index (χ4v) is 3.97. The lowest BCUT2D eigenvalue weighted by Gasteiger charge is -2.34. The van der Waals surface area contributed by atoms with Gasteiger partial charge in [-0.25, -0.2) is 4.79 Å². The van der Waals surface area contributed by atoms with Crippen molar-refractivity contribution in [2.45, 2.75) is 70.1 Å². The largest absolute Gasteiger partial charge is 0.445 e. The Kier molecular flexibility index (Phi) is 11.6.